The molecule has 1 aromatic carbocycles. The molecule has 1 aliphatic heterocycles. The van der Waals surface area contributed by atoms with E-state index in [2.05, 4.69) is 10.3 Å². The number of benzene rings is 1. The van der Waals surface area contributed by atoms with Gasteiger partial charge in [-0.3, -0.25) is 4.79 Å². The predicted octanol–water partition coefficient (Wildman–Crippen LogP) is 2.92. The fraction of sp³-hybridized carbons (Fsp3) is 0.333. The number of imidazole rings is 1. The Labute approximate surface area is 116 Å². The number of hydrogen-bond donors (Lipinski definition) is 1. The Bertz CT molecular complexity index is 663. The molecule has 0 bridgehead atoms. The highest BCUT2D eigenvalue weighted by molar-refractivity contribution is 6.04. The van der Waals surface area contributed by atoms with Gasteiger partial charge in [0, 0.05) is 18.5 Å². The standard InChI is InChI=1S/C15H16FN3O/c1-10-8-11(16)5-6-12(10)15(20)18-14-9-17-13-4-2-3-7-19(13)14/h5-6,8-9H,2-4,7H2,1H3,(H,18,20). The molecule has 2 heterocycles. The molecule has 0 unspecified atom stereocenters. The first-order valence-corrected chi connectivity index (χ1v) is 6.77. The highest BCUT2D eigenvalue weighted by Gasteiger charge is 2.17. The number of carbonyl (C=O) groups excluding carboxylic acids is 1. The molecule has 0 atom stereocenters. The molecule has 0 spiro atoms. The summed E-state index contributed by atoms with van der Waals surface area (Å²) < 4.78 is 15.1. The minimum Gasteiger partial charge on any atom is -0.315 e. The molecule has 5 heteroatoms. The minimum absolute atomic E-state index is 0.226. The quantitative estimate of drug-likeness (QED) is 0.914. The fourth-order valence-corrected chi connectivity index (χ4v) is 2.58. The summed E-state index contributed by atoms with van der Waals surface area (Å²) in [6.07, 6.45) is 4.88. The molecule has 1 N–H and O–H groups in total. The second-order valence-corrected chi connectivity index (χ2v) is 5.08. The lowest BCUT2D eigenvalue weighted by Gasteiger charge is -2.16. The van der Waals surface area contributed by atoms with E-state index >= 15 is 0 Å². The van der Waals surface area contributed by atoms with Crippen LogP contribution in [0.4, 0.5) is 10.2 Å². The second-order valence-electron chi connectivity index (χ2n) is 5.08. The van der Waals surface area contributed by atoms with Crippen LogP contribution in [0.1, 0.15) is 34.6 Å². The number of carbonyl (C=O) groups is 1. The summed E-state index contributed by atoms with van der Waals surface area (Å²) >= 11 is 0. The van der Waals surface area contributed by atoms with Crippen molar-refractivity contribution in [2.75, 3.05) is 5.32 Å². The topological polar surface area (TPSA) is 46.9 Å². The lowest BCUT2D eigenvalue weighted by Crippen LogP contribution is -2.19. The van der Waals surface area contributed by atoms with E-state index in [1.54, 1.807) is 13.1 Å². The lowest BCUT2D eigenvalue weighted by atomic mass is 10.1. The predicted molar refractivity (Wildman–Crippen MR) is 74.3 cm³/mol. The van der Waals surface area contributed by atoms with Crippen molar-refractivity contribution in [2.24, 2.45) is 0 Å². The second kappa shape index (κ2) is 5.07. The van der Waals surface area contributed by atoms with Crippen molar-refractivity contribution in [1.82, 2.24) is 9.55 Å². The highest BCUT2D eigenvalue weighted by atomic mass is 19.1. The minimum atomic E-state index is -0.333. The van der Waals surface area contributed by atoms with Gasteiger partial charge in [0.05, 0.1) is 6.20 Å². The molecular formula is C15H16FN3O. The van der Waals surface area contributed by atoms with Crippen LogP contribution in [0.15, 0.2) is 24.4 Å². The summed E-state index contributed by atoms with van der Waals surface area (Å²) in [7, 11) is 0. The molecule has 0 aliphatic carbocycles. The zero-order chi connectivity index (χ0) is 14.1. The van der Waals surface area contributed by atoms with E-state index in [-0.39, 0.29) is 11.7 Å². The summed E-state index contributed by atoms with van der Waals surface area (Å²) in [5, 5.41) is 2.87. The maximum Gasteiger partial charge on any atom is 0.257 e. The van der Waals surface area contributed by atoms with Crippen LogP contribution >= 0.6 is 0 Å². The van der Waals surface area contributed by atoms with Crippen molar-refractivity contribution < 1.29 is 9.18 Å². The van der Waals surface area contributed by atoms with Gasteiger partial charge in [0.2, 0.25) is 0 Å². The Balaban J connectivity index is 1.84. The first-order chi connectivity index (χ1) is 9.65. The molecule has 1 aromatic heterocycles. The van der Waals surface area contributed by atoms with Crippen LogP contribution in [0.2, 0.25) is 0 Å². The van der Waals surface area contributed by atoms with Crippen LogP contribution in [-0.2, 0) is 13.0 Å². The molecule has 0 radical (unpaired) electrons. The summed E-state index contributed by atoms with van der Waals surface area (Å²) in [5.41, 5.74) is 1.11. The number of nitrogens with one attached hydrogen (secondary N) is 1. The van der Waals surface area contributed by atoms with E-state index in [4.69, 9.17) is 0 Å². The van der Waals surface area contributed by atoms with Crippen LogP contribution in [-0.4, -0.2) is 15.5 Å². The van der Waals surface area contributed by atoms with Gasteiger partial charge in [0.25, 0.3) is 5.91 Å². The molecule has 104 valence electrons. The first kappa shape index (κ1) is 12.8. The van der Waals surface area contributed by atoms with E-state index in [0.29, 0.717) is 16.9 Å². The van der Waals surface area contributed by atoms with Gasteiger partial charge >= 0.3 is 0 Å². The first-order valence-electron chi connectivity index (χ1n) is 6.77. The van der Waals surface area contributed by atoms with Crippen LogP contribution in [0.25, 0.3) is 0 Å². The van der Waals surface area contributed by atoms with Gasteiger partial charge in [0.15, 0.2) is 0 Å². The number of aromatic nitrogens is 2. The summed E-state index contributed by atoms with van der Waals surface area (Å²) in [6, 6.07) is 4.17. The normalized spacial score (nSPS) is 13.9. The molecule has 1 amide bonds. The highest BCUT2D eigenvalue weighted by Crippen LogP contribution is 2.20. The van der Waals surface area contributed by atoms with Gasteiger partial charge in [-0.25, -0.2) is 9.37 Å². The molecular weight excluding hydrogens is 257 g/mol. The van der Waals surface area contributed by atoms with Gasteiger partial charge < -0.3 is 9.88 Å². The third-order valence-electron chi connectivity index (χ3n) is 3.65. The molecule has 0 saturated carbocycles. The van der Waals surface area contributed by atoms with E-state index < -0.39 is 0 Å². The largest absolute Gasteiger partial charge is 0.315 e. The number of rotatable bonds is 2. The van der Waals surface area contributed by atoms with E-state index in [1.165, 1.54) is 18.2 Å². The summed E-state index contributed by atoms with van der Waals surface area (Å²) in [4.78, 5) is 16.6. The van der Waals surface area contributed by atoms with Crippen molar-refractivity contribution in [3.8, 4) is 0 Å². The maximum absolute atomic E-state index is 13.1. The molecule has 4 nitrogen and oxygen atoms in total. The maximum atomic E-state index is 13.1. The Morgan fingerprint density at radius 2 is 2.25 bits per heavy atom. The van der Waals surface area contributed by atoms with Gasteiger partial charge in [-0.1, -0.05) is 0 Å². The summed E-state index contributed by atoms with van der Waals surface area (Å²) in [6.45, 7) is 2.61. The zero-order valence-corrected chi connectivity index (χ0v) is 11.3. The third kappa shape index (κ3) is 2.31. The molecule has 2 aromatic rings. The number of halogens is 1. The monoisotopic (exact) mass is 273 g/mol. The van der Waals surface area contributed by atoms with Crippen molar-refractivity contribution in [1.29, 1.82) is 0 Å². The number of aryl methyl sites for hydroxylation is 2. The van der Waals surface area contributed by atoms with Crippen molar-refractivity contribution >= 4 is 11.7 Å². The fourth-order valence-electron chi connectivity index (χ4n) is 2.58. The Morgan fingerprint density at radius 3 is 3.05 bits per heavy atom. The zero-order valence-electron chi connectivity index (χ0n) is 11.3. The number of nitrogens with zero attached hydrogens (tertiary/aromatic N) is 2. The average molecular weight is 273 g/mol. The van der Waals surface area contributed by atoms with E-state index in [1.807, 2.05) is 4.57 Å². The molecule has 1 aliphatic rings. The molecule has 0 saturated heterocycles. The summed E-state index contributed by atoms with van der Waals surface area (Å²) in [5.74, 6) is 1.17. The third-order valence-corrected chi connectivity index (χ3v) is 3.65. The van der Waals surface area contributed by atoms with E-state index in [9.17, 15) is 9.18 Å². The van der Waals surface area contributed by atoms with Crippen molar-refractivity contribution in [3.05, 3.63) is 47.2 Å². The van der Waals surface area contributed by atoms with Crippen LogP contribution in [0.5, 0.6) is 0 Å². The van der Waals surface area contributed by atoms with Gasteiger partial charge in [-0.15, -0.1) is 0 Å². The smallest absolute Gasteiger partial charge is 0.257 e. The van der Waals surface area contributed by atoms with Gasteiger partial charge in [0.1, 0.15) is 17.5 Å². The Hall–Kier alpha value is -2.17. The Morgan fingerprint density at radius 1 is 1.40 bits per heavy atom. The van der Waals surface area contributed by atoms with E-state index in [0.717, 1.165) is 31.6 Å². The Kier molecular flexibility index (Phi) is 3.26. The van der Waals surface area contributed by atoms with Gasteiger partial charge in [-0.05, 0) is 43.5 Å². The number of fused-ring (bicyclic) bond motifs is 1. The molecule has 3 rings (SSSR count). The van der Waals surface area contributed by atoms with Crippen LogP contribution < -0.4 is 5.32 Å². The number of hydrogen-bond acceptors (Lipinski definition) is 2. The SMILES string of the molecule is Cc1cc(F)ccc1C(=O)Nc1cnc2n1CCCC2. The van der Waals surface area contributed by atoms with Gasteiger partial charge in [-0.2, -0.15) is 0 Å². The molecule has 20 heavy (non-hydrogen) atoms. The lowest BCUT2D eigenvalue weighted by molar-refractivity contribution is 0.102. The van der Waals surface area contributed by atoms with Crippen molar-refractivity contribution in [3.63, 3.8) is 0 Å². The average Bonchev–Trinajstić information content (AvgIpc) is 2.82. The molecule has 0 fully saturated rings. The van der Waals surface area contributed by atoms with Crippen molar-refractivity contribution in [2.45, 2.75) is 32.7 Å². The number of amides is 1. The van der Waals surface area contributed by atoms with Crippen LogP contribution in [0, 0.1) is 12.7 Å². The van der Waals surface area contributed by atoms with Crippen LogP contribution in [0.3, 0.4) is 0 Å². The number of anilines is 1.